The summed E-state index contributed by atoms with van der Waals surface area (Å²) in [5, 5.41) is 22.2. The van der Waals surface area contributed by atoms with Crippen LogP contribution in [0.15, 0.2) is 18.2 Å². The van der Waals surface area contributed by atoms with Crippen LogP contribution in [-0.2, 0) is 16.0 Å². The topological polar surface area (TPSA) is 85.6 Å². The number of nitrogens with zero attached hydrogens (tertiary/aromatic N) is 2. The van der Waals surface area contributed by atoms with Gasteiger partial charge in [0.25, 0.3) is 0 Å². The quantitative estimate of drug-likeness (QED) is 0.751. The smallest absolute Gasteiger partial charge is 0.237 e. The van der Waals surface area contributed by atoms with Crippen molar-refractivity contribution in [2.24, 2.45) is 5.92 Å². The van der Waals surface area contributed by atoms with Gasteiger partial charge in [-0.3, -0.25) is 4.79 Å². The highest BCUT2D eigenvalue weighted by atomic mass is 16.5. The first-order chi connectivity index (χ1) is 13.6. The van der Waals surface area contributed by atoms with Crippen LogP contribution in [0.4, 0.5) is 0 Å². The van der Waals surface area contributed by atoms with Gasteiger partial charge >= 0.3 is 0 Å². The second-order valence-electron chi connectivity index (χ2n) is 7.95. The lowest BCUT2D eigenvalue weighted by atomic mass is 9.77. The number of fused-ring (bicyclic) bond motifs is 1. The Morgan fingerprint density at radius 1 is 1.39 bits per heavy atom. The summed E-state index contributed by atoms with van der Waals surface area (Å²) in [6.45, 7) is 1.50. The van der Waals surface area contributed by atoms with Crippen LogP contribution in [0, 0.1) is 17.2 Å². The number of carbonyl (C=O) groups excluding carboxylic acids is 1. The first-order valence-corrected chi connectivity index (χ1v) is 10.3. The molecule has 0 radical (unpaired) electrons. The molecule has 2 aliphatic rings. The fourth-order valence-electron chi connectivity index (χ4n) is 4.65. The zero-order valence-electron chi connectivity index (χ0n) is 16.7. The molecule has 0 spiro atoms. The molecule has 0 aromatic heterocycles. The van der Waals surface area contributed by atoms with Crippen molar-refractivity contribution in [1.82, 2.24) is 10.2 Å². The van der Waals surface area contributed by atoms with Crippen molar-refractivity contribution >= 4 is 5.91 Å². The number of amides is 1. The number of nitriles is 1. The average molecular weight is 386 g/mol. The summed E-state index contributed by atoms with van der Waals surface area (Å²) in [6.07, 6.45) is 6.14. The van der Waals surface area contributed by atoms with E-state index in [0.717, 1.165) is 24.8 Å². The highest BCUT2D eigenvalue weighted by molar-refractivity contribution is 5.79. The van der Waals surface area contributed by atoms with E-state index in [1.54, 1.807) is 7.11 Å². The van der Waals surface area contributed by atoms with Crippen LogP contribution in [0.5, 0.6) is 0 Å². The first-order valence-electron chi connectivity index (χ1n) is 10.3. The summed E-state index contributed by atoms with van der Waals surface area (Å²) < 4.78 is 4.92. The summed E-state index contributed by atoms with van der Waals surface area (Å²) in [4.78, 5) is 15.0. The maximum Gasteiger partial charge on any atom is 0.237 e. The second-order valence-corrected chi connectivity index (χ2v) is 7.95. The molecule has 2 unspecified atom stereocenters. The number of aliphatic hydroxyl groups is 1. The van der Waals surface area contributed by atoms with Gasteiger partial charge in [0.2, 0.25) is 5.91 Å². The van der Waals surface area contributed by atoms with Gasteiger partial charge in [0.1, 0.15) is 0 Å². The van der Waals surface area contributed by atoms with Crippen LogP contribution in [0.1, 0.15) is 54.8 Å². The lowest BCUT2D eigenvalue weighted by molar-refractivity contribution is -0.135. The molecule has 0 saturated heterocycles. The van der Waals surface area contributed by atoms with Gasteiger partial charge in [0.05, 0.1) is 36.9 Å². The van der Waals surface area contributed by atoms with E-state index in [0.29, 0.717) is 24.6 Å². The summed E-state index contributed by atoms with van der Waals surface area (Å²) in [5.74, 6) is 0.512. The van der Waals surface area contributed by atoms with Crippen LogP contribution in [0.2, 0.25) is 0 Å². The maximum atomic E-state index is 13.0. The fraction of sp³-hybridized carbons (Fsp3) is 0.636. The Labute approximate surface area is 167 Å². The highest BCUT2D eigenvalue weighted by Crippen LogP contribution is 2.42. The fourth-order valence-corrected chi connectivity index (χ4v) is 4.65. The van der Waals surface area contributed by atoms with E-state index in [9.17, 15) is 15.2 Å². The molecule has 6 nitrogen and oxygen atoms in total. The van der Waals surface area contributed by atoms with Crippen molar-refractivity contribution in [2.45, 2.75) is 50.7 Å². The van der Waals surface area contributed by atoms with Gasteiger partial charge < -0.3 is 20.1 Å². The second kappa shape index (κ2) is 10.0. The van der Waals surface area contributed by atoms with Crippen LogP contribution in [0.3, 0.4) is 0 Å². The summed E-state index contributed by atoms with van der Waals surface area (Å²) >= 11 is 0. The van der Waals surface area contributed by atoms with E-state index in [4.69, 9.17) is 4.74 Å². The molecule has 3 rings (SSSR count). The standard InChI is InChI=1S/C22H31N3O3/c1-28-15-19(26)13-24-14-21(27)25-10-9-17-8-7-16(12-23)11-20(17)22(25)18-5-3-2-4-6-18/h7-8,11,18-19,22,24,26H,2-6,9-10,13-15H2,1H3. The Kier molecular flexibility index (Phi) is 7.43. The number of carbonyl (C=O) groups is 1. The third-order valence-electron chi connectivity index (χ3n) is 5.98. The minimum atomic E-state index is -0.618. The number of hydrogen-bond donors (Lipinski definition) is 2. The number of benzene rings is 1. The van der Waals surface area contributed by atoms with E-state index in [2.05, 4.69) is 17.5 Å². The van der Waals surface area contributed by atoms with Gasteiger partial charge in [-0.2, -0.15) is 5.26 Å². The van der Waals surface area contributed by atoms with Gasteiger partial charge in [0.15, 0.2) is 0 Å². The summed E-state index contributed by atoms with van der Waals surface area (Å²) in [7, 11) is 1.55. The zero-order valence-corrected chi connectivity index (χ0v) is 16.7. The Hall–Kier alpha value is -1.94. The number of hydrogen-bond acceptors (Lipinski definition) is 5. The van der Waals surface area contributed by atoms with Crippen molar-refractivity contribution in [2.75, 3.05) is 33.4 Å². The molecule has 1 aliphatic carbocycles. The lowest BCUT2D eigenvalue weighted by Crippen LogP contribution is -2.47. The summed E-state index contributed by atoms with van der Waals surface area (Å²) in [5.41, 5.74) is 3.08. The first kappa shape index (κ1) is 20.8. The molecular formula is C22H31N3O3. The van der Waals surface area contributed by atoms with Crippen molar-refractivity contribution in [3.63, 3.8) is 0 Å². The van der Waals surface area contributed by atoms with Crippen LogP contribution >= 0.6 is 0 Å². The van der Waals surface area contributed by atoms with Crippen LogP contribution in [0.25, 0.3) is 0 Å². The molecule has 1 saturated carbocycles. The molecular weight excluding hydrogens is 354 g/mol. The van der Waals surface area contributed by atoms with E-state index >= 15 is 0 Å². The molecule has 1 aromatic carbocycles. The number of ether oxygens (including phenoxy) is 1. The minimum absolute atomic E-state index is 0.0514. The van der Waals surface area contributed by atoms with Crippen molar-refractivity contribution < 1.29 is 14.6 Å². The highest BCUT2D eigenvalue weighted by Gasteiger charge is 2.36. The number of nitrogens with one attached hydrogen (secondary N) is 1. The normalized spacial score (nSPS) is 21.0. The Morgan fingerprint density at radius 2 is 2.18 bits per heavy atom. The SMILES string of the molecule is COCC(O)CNCC(=O)N1CCc2ccc(C#N)cc2C1C1CCCCC1. The Morgan fingerprint density at radius 3 is 2.89 bits per heavy atom. The molecule has 1 aliphatic heterocycles. The molecule has 0 bridgehead atoms. The van der Waals surface area contributed by atoms with E-state index in [1.165, 1.54) is 24.8 Å². The van der Waals surface area contributed by atoms with Gasteiger partial charge in [-0.15, -0.1) is 0 Å². The van der Waals surface area contributed by atoms with Crippen molar-refractivity contribution in [3.8, 4) is 6.07 Å². The Bertz CT molecular complexity index is 709. The van der Waals surface area contributed by atoms with Crippen molar-refractivity contribution in [1.29, 1.82) is 5.26 Å². The van der Waals surface area contributed by atoms with Crippen molar-refractivity contribution in [3.05, 3.63) is 34.9 Å². The largest absolute Gasteiger partial charge is 0.389 e. The molecule has 2 N–H and O–H groups in total. The van der Waals surface area contributed by atoms with Gasteiger partial charge in [0, 0.05) is 20.2 Å². The lowest BCUT2D eigenvalue weighted by Gasteiger charge is -2.43. The van der Waals surface area contributed by atoms with E-state index in [-0.39, 0.29) is 25.1 Å². The molecule has 2 atom stereocenters. The number of methoxy groups -OCH3 is 1. The van der Waals surface area contributed by atoms with E-state index < -0.39 is 6.10 Å². The molecule has 1 aromatic rings. The predicted octanol–water partition coefficient (Wildman–Crippen LogP) is 2.16. The third kappa shape index (κ3) is 4.91. The third-order valence-corrected chi connectivity index (χ3v) is 5.98. The van der Waals surface area contributed by atoms with E-state index in [1.807, 2.05) is 17.0 Å². The molecule has 1 heterocycles. The van der Waals surface area contributed by atoms with Crippen LogP contribution < -0.4 is 5.32 Å². The number of rotatable bonds is 7. The molecule has 1 fully saturated rings. The van der Waals surface area contributed by atoms with Gasteiger partial charge in [-0.05, 0) is 48.4 Å². The zero-order chi connectivity index (χ0) is 19.9. The monoisotopic (exact) mass is 385 g/mol. The maximum absolute atomic E-state index is 13.0. The Balaban J connectivity index is 1.77. The molecule has 1 amide bonds. The minimum Gasteiger partial charge on any atom is -0.389 e. The van der Waals surface area contributed by atoms with Gasteiger partial charge in [-0.25, -0.2) is 0 Å². The molecule has 6 heteroatoms. The molecule has 152 valence electrons. The van der Waals surface area contributed by atoms with Gasteiger partial charge in [-0.1, -0.05) is 25.3 Å². The van der Waals surface area contributed by atoms with Crippen LogP contribution in [-0.4, -0.2) is 55.4 Å². The predicted molar refractivity (Wildman–Crippen MR) is 107 cm³/mol. The summed E-state index contributed by atoms with van der Waals surface area (Å²) in [6, 6.07) is 8.23. The molecule has 28 heavy (non-hydrogen) atoms. The number of aliphatic hydroxyl groups excluding tert-OH is 1. The average Bonchev–Trinajstić information content (AvgIpc) is 2.73.